The van der Waals surface area contributed by atoms with Crippen LogP contribution in [-0.4, -0.2) is 4.98 Å². The molecule has 0 radical (unpaired) electrons. The molecular formula is C9H5ClFNO. The number of aromatic nitrogens is 1. The third kappa shape index (κ3) is 1.31. The maximum Gasteiger partial charge on any atom is 0.257 e. The number of rotatable bonds is 0. The largest absolute Gasteiger partial charge is 0.312 e. The molecule has 0 aliphatic rings. The lowest BCUT2D eigenvalue weighted by Crippen LogP contribution is -2.06. The van der Waals surface area contributed by atoms with Gasteiger partial charge in [-0.05, 0) is 18.2 Å². The average molecular weight is 198 g/mol. The SMILES string of the molecule is O=c1[nH]c(Cl)cc2c(F)cccc12. The zero-order valence-corrected chi connectivity index (χ0v) is 7.23. The summed E-state index contributed by atoms with van der Waals surface area (Å²) in [5.74, 6) is -0.439. The van der Waals surface area contributed by atoms with E-state index in [0.29, 0.717) is 5.39 Å². The zero-order chi connectivity index (χ0) is 9.42. The number of nitrogens with one attached hydrogen (secondary N) is 1. The summed E-state index contributed by atoms with van der Waals surface area (Å²) in [6.07, 6.45) is 0. The summed E-state index contributed by atoms with van der Waals surface area (Å²) in [4.78, 5) is 13.6. The summed E-state index contributed by atoms with van der Waals surface area (Å²) in [6.45, 7) is 0. The topological polar surface area (TPSA) is 32.9 Å². The van der Waals surface area contributed by atoms with Crippen LogP contribution in [0.25, 0.3) is 10.8 Å². The van der Waals surface area contributed by atoms with Gasteiger partial charge in [-0.1, -0.05) is 17.7 Å². The lowest BCUT2D eigenvalue weighted by molar-refractivity contribution is 0.639. The number of H-pyrrole nitrogens is 1. The van der Waals surface area contributed by atoms with Gasteiger partial charge < -0.3 is 4.98 Å². The van der Waals surface area contributed by atoms with Crippen LogP contribution in [0.2, 0.25) is 5.15 Å². The summed E-state index contributed by atoms with van der Waals surface area (Å²) >= 11 is 5.57. The predicted molar refractivity (Wildman–Crippen MR) is 49.5 cm³/mol. The van der Waals surface area contributed by atoms with Gasteiger partial charge in [0.15, 0.2) is 0 Å². The van der Waals surface area contributed by atoms with Crippen LogP contribution < -0.4 is 5.56 Å². The number of benzene rings is 1. The first kappa shape index (κ1) is 8.26. The lowest BCUT2D eigenvalue weighted by Gasteiger charge is -1.98. The van der Waals surface area contributed by atoms with Gasteiger partial charge in [0.1, 0.15) is 11.0 Å². The Balaban J connectivity index is 3.03. The number of halogens is 2. The van der Waals surface area contributed by atoms with Crippen molar-refractivity contribution in [3.05, 3.63) is 45.6 Å². The highest BCUT2D eigenvalue weighted by molar-refractivity contribution is 6.30. The Labute approximate surface area is 78.0 Å². The molecule has 0 aliphatic carbocycles. The minimum absolute atomic E-state index is 0.141. The molecule has 1 N–H and O–H groups in total. The van der Waals surface area contributed by atoms with Crippen molar-refractivity contribution >= 4 is 22.4 Å². The Bertz CT molecular complexity index is 520. The number of pyridine rings is 1. The fraction of sp³-hybridized carbons (Fsp3) is 0. The standard InChI is InChI=1S/C9H5ClFNO/c10-8-4-6-5(9(13)12-8)2-1-3-7(6)11/h1-4H,(H,12,13). The molecular weight excluding hydrogens is 193 g/mol. The van der Waals surface area contributed by atoms with Crippen molar-refractivity contribution in [2.75, 3.05) is 0 Å². The van der Waals surface area contributed by atoms with Crippen LogP contribution in [0.15, 0.2) is 29.1 Å². The Morgan fingerprint density at radius 2 is 2.08 bits per heavy atom. The molecule has 2 nitrogen and oxygen atoms in total. The molecule has 0 saturated heterocycles. The molecule has 1 heterocycles. The van der Waals surface area contributed by atoms with E-state index in [0.717, 1.165) is 0 Å². The van der Waals surface area contributed by atoms with E-state index in [9.17, 15) is 9.18 Å². The third-order valence-electron chi connectivity index (χ3n) is 1.80. The lowest BCUT2D eigenvalue weighted by atomic mass is 10.2. The van der Waals surface area contributed by atoms with E-state index >= 15 is 0 Å². The highest BCUT2D eigenvalue weighted by Gasteiger charge is 2.03. The molecule has 13 heavy (non-hydrogen) atoms. The van der Waals surface area contributed by atoms with Crippen molar-refractivity contribution in [3.63, 3.8) is 0 Å². The monoisotopic (exact) mass is 197 g/mol. The molecule has 0 amide bonds. The number of aromatic amines is 1. The molecule has 0 spiro atoms. The molecule has 2 aromatic rings. The zero-order valence-electron chi connectivity index (χ0n) is 6.47. The van der Waals surface area contributed by atoms with Crippen molar-refractivity contribution in [2.24, 2.45) is 0 Å². The molecule has 0 fully saturated rings. The van der Waals surface area contributed by atoms with E-state index in [1.807, 2.05) is 0 Å². The number of hydrogen-bond acceptors (Lipinski definition) is 1. The normalized spacial score (nSPS) is 10.6. The molecule has 0 unspecified atom stereocenters. The van der Waals surface area contributed by atoms with E-state index in [1.54, 1.807) is 6.07 Å². The minimum Gasteiger partial charge on any atom is -0.312 e. The molecule has 0 aliphatic heterocycles. The highest BCUT2D eigenvalue weighted by atomic mass is 35.5. The van der Waals surface area contributed by atoms with Gasteiger partial charge in [0.05, 0.1) is 0 Å². The maximum atomic E-state index is 13.1. The molecule has 4 heteroatoms. The van der Waals surface area contributed by atoms with Gasteiger partial charge in [-0.2, -0.15) is 0 Å². The van der Waals surface area contributed by atoms with Crippen LogP contribution in [0.1, 0.15) is 0 Å². The Morgan fingerprint density at radius 3 is 2.85 bits per heavy atom. The van der Waals surface area contributed by atoms with E-state index in [4.69, 9.17) is 11.6 Å². The van der Waals surface area contributed by atoms with Crippen LogP contribution in [0.5, 0.6) is 0 Å². The molecule has 1 aromatic carbocycles. The van der Waals surface area contributed by atoms with E-state index in [-0.39, 0.29) is 16.1 Å². The first-order valence-corrected chi connectivity index (χ1v) is 4.03. The van der Waals surface area contributed by atoms with Crippen LogP contribution >= 0.6 is 11.6 Å². The third-order valence-corrected chi connectivity index (χ3v) is 2.01. The average Bonchev–Trinajstić information content (AvgIpc) is 2.07. The summed E-state index contributed by atoms with van der Waals surface area (Å²) in [6, 6.07) is 5.72. The fourth-order valence-electron chi connectivity index (χ4n) is 1.22. The number of hydrogen-bond donors (Lipinski definition) is 1. The predicted octanol–water partition coefficient (Wildman–Crippen LogP) is 2.32. The van der Waals surface area contributed by atoms with Gasteiger partial charge in [-0.3, -0.25) is 4.79 Å². The second-order valence-corrected chi connectivity index (χ2v) is 3.05. The molecule has 0 saturated carbocycles. The summed E-state index contributed by atoms with van der Waals surface area (Å²) in [5.41, 5.74) is -0.373. The van der Waals surface area contributed by atoms with E-state index < -0.39 is 5.82 Å². The van der Waals surface area contributed by atoms with Gasteiger partial charge in [0, 0.05) is 10.8 Å². The van der Waals surface area contributed by atoms with Crippen molar-refractivity contribution < 1.29 is 4.39 Å². The second kappa shape index (κ2) is 2.85. The van der Waals surface area contributed by atoms with E-state index in [1.165, 1.54) is 18.2 Å². The Hall–Kier alpha value is -1.35. The number of fused-ring (bicyclic) bond motifs is 1. The smallest absolute Gasteiger partial charge is 0.257 e. The minimum atomic E-state index is -0.439. The molecule has 66 valence electrons. The van der Waals surface area contributed by atoms with Crippen LogP contribution in [0.3, 0.4) is 0 Å². The van der Waals surface area contributed by atoms with Gasteiger partial charge in [0.25, 0.3) is 5.56 Å². The summed E-state index contributed by atoms with van der Waals surface area (Å²) in [5, 5.41) is 0.697. The summed E-state index contributed by atoms with van der Waals surface area (Å²) in [7, 11) is 0. The first-order chi connectivity index (χ1) is 6.18. The molecule has 0 atom stereocenters. The van der Waals surface area contributed by atoms with Gasteiger partial charge in [0.2, 0.25) is 0 Å². The first-order valence-electron chi connectivity index (χ1n) is 3.65. The molecule has 2 rings (SSSR count). The molecule has 1 aromatic heterocycles. The fourth-order valence-corrected chi connectivity index (χ4v) is 1.42. The quantitative estimate of drug-likeness (QED) is 0.646. The van der Waals surface area contributed by atoms with Gasteiger partial charge in [-0.25, -0.2) is 4.39 Å². The van der Waals surface area contributed by atoms with Crippen molar-refractivity contribution in [3.8, 4) is 0 Å². The van der Waals surface area contributed by atoms with E-state index in [2.05, 4.69) is 4.98 Å². The van der Waals surface area contributed by atoms with Gasteiger partial charge in [-0.15, -0.1) is 0 Å². The highest BCUT2D eigenvalue weighted by Crippen LogP contribution is 2.16. The second-order valence-electron chi connectivity index (χ2n) is 2.65. The van der Waals surface area contributed by atoms with Crippen LogP contribution in [0, 0.1) is 5.82 Å². The maximum absolute atomic E-state index is 13.1. The van der Waals surface area contributed by atoms with Crippen molar-refractivity contribution in [1.82, 2.24) is 4.98 Å². The van der Waals surface area contributed by atoms with Crippen molar-refractivity contribution in [2.45, 2.75) is 0 Å². The van der Waals surface area contributed by atoms with Gasteiger partial charge >= 0.3 is 0 Å². The van der Waals surface area contributed by atoms with Crippen LogP contribution in [0.4, 0.5) is 4.39 Å². The van der Waals surface area contributed by atoms with Crippen molar-refractivity contribution in [1.29, 1.82) is 0 Å². The summed E-state index contributed by atoms with van der Waals surface area (Å²) < 4.78 is 13.1. The molecule has 0 bridgehead atoms. The van der Waals surface area contributed by atoms with Crippen LogP contribution in [-0.2, 0) is 0 Å². The Kier molecular flexibility index (Phi) is 1.81. The Morgan fingerprint density at radius 1 is 1.31 bits per heavy atom.